The maximum absolute atomic E-state index is 14.4. The first-order valence-electron chi connectivity index (χ1n) is 4.70. The van der Waals surface area contributed by atoms with Gasteiger partial charge in [-0.2, -0.15) is 0 Å². The summed E-state index contributed by atoms with van der Waals surface area (Å²) in [6.45, 7) is 2.76. The Morgan fingerprint density at radius 1 is 1.69 bits per heavy atom. The highest BCUT2D eigenvalue weighted by atomic mass is 19.1. The second kappa shape index (κ2) is 3.14. The van der Waals surface area contributed by atoms with Gasteiger partial charge in [0.15, 0.2) is 5.67 Å². The molecular formula is C10H14FNO. The third-order valence-electron chi connectivity index (χ3n) is 2.79. The van der Waals surface area contributed by atoms with E-state index in [1.54, 1.807) is 12.1 Å². The molecule has 1 aliphatic heterocycles. The highest BCUT2D eigenvalue weighted by molar-refractivity contribution is 5.14. The molecule has 0 aliphatic carbocycles. The molecule has 0 aromatic carbocycles. The lowest BCUT2D eigenvalue weighted by molar-refractivity contribution is 0.0506. The maximum Gasteiger partial charge on any atom is 0.183 e. The first-order chi connectivity index (χ1) is 6.23. The molecule has 0 amide bonds. The van der Waals surface area contributed by atoms with Gasteiger partial charge in [0.25, 0.3) is 0 Å². The molecule has 2 heterocycles. The standard InChI is InChI=1S/C10H14FNO/c1-8-10(11,5-3-6-12-8)9-4-2-7-13-9/h2,4,7-8,12H,3,5-6H2,1H3. The zero-order valence-corrected chi connectivity index (χ0v) is 7.72. The fourth-order valence-corrected chi connectivity index (χ4v) is 1.89. The van der Waals surface area contributed by atoms with E-state index in [0.29, 0.717) is 12.2 Å². The van der Waals surface area contributed by atoms with Gasteiger partial charge in [0.1, 0.15) is 5.76 Å². The molecule has 0 radical (unpaired) electrons. The quantitative estimate of drug-likeness (QED) is 0.722. The van der Waals surface area contributed by atoms with Crippen molar-refractivity contribution in [1.29, 1.82) is 0 Å². The van der Waals surface area contributed by atoms with Crippen molar-refractivity contribution in [3.63, 3.8) is 0 Å². The van der Waals surface area contributed by atoms with Crippen LogP contribution in [0.5, 0.6) is 0 Å². The molecule has 1 fully saturated rings. The summed E-state index contributed by atoms with van der Waals surface area (Å²) in [4.78, 5) is 0. The third-order valence-corrected chi connectivity index (χ3v) is 2.79. The van der Waals surface area contributed by atoms with Gasteiger partial charge in [0.2, 0.25) is 0 Å². The monoisotopic (exact) mass is 183 g/mol. The van der Waals surface area contributed by atoms with Gasteiger partial charge < -0.3 is 9.73 Å². The van der Waals surface area contributed by atoms with E-state index in [-0.39, 0.29) is 6.04 Å². The predicted molar refractivity (Wildman–Crippen MR) is 48.2 cm³/mol. The third kappa shape index (κ3) is 1.37. The van der Waals surface area contributed by atoms with E-state index in [4.69, 9.17) is 4.42 Å². The van der Waals surface area contributed by atoms with E-state index in [1.165, 1.54) is 6.26 Å². The van der Waals surface area contributed by atoms with Crippen molar-refractivity contribution in [2.75, 3.05) is 6.54 Å². The molecule has 2 rings (SSSR count). The Labute approximate surface area is 77.1 Å². The van der Waals surface area contributed by atoms with Crippen LogP contribution in [-0.4, -0.2) is 12.6 Å². The van der Waals surface area contributed by atoms with Gasteiger partial charge >= 0.3 is 0 Å². The Morgan fingerprint density at radius 3 is 3.15 bits per heavy atom. The summed E-state index contributed by atoms with van der Waals surface area (Å²) in [5.74, 6) is 0.451. The number of hydrogen-bond acceptors (Lipinski definition) is 2. The van der Waals surface area contributed by atoms with Crippen LogP contribution in [0.2, 0.25) is 0 Å². The molecule has 2 unspecified atom stereocenters. The number of rotatable bonds is 1. The molecular weight excluding hydrogens is 169 g/mol. The van der Waals surface area contributed by atoms with Gasteiger partial charge in [-0.25, -0.2) is 4.39 Å². The van der Waals surface area contributed by atoms with Crippen molar-refractivity contribution in [3.8, 4) is 0 Å². The first kappa shape index (κ1) is 8.75. The molecule has 72 valence electrons. The van der Waals surface area contributed by atoms with Crippen LogP contribution in [0.25, 0.3) is 0 Å². The van der Waals surface area contributed by atoms with Gasteiger partial charge in [0.05, 0.1) is 6.26 Å². The minimum absolute atomic E-state index is 0.160. The van der Waals surface area contributed by atoms with Crippen molar-refractivity contribution >= 4 is 0 Å². The minimum Gasteiger partial charge on any atom is -0.466 e. The largest absolute Gasteiger partial charge is 0.466 e. The highest BCUT2D eigenvalue weighted by Crippen LogP contribution is 2.36. The summed E-state index contributed by atoms with van der Waals surface area (Å²) < 4.78 is 19.5. The van der Waals surface area contributed by atoms with E-state index < -0.39 is 5.67 Å². The summed E-state index contributed by atoms with van der Waals surface area (Å²) in [5.41, 5.74) is -1.32. The fraction of sp³-hybridized carbons (Fsp3) is 0.600. The Kier molecular flexibility index (Phi) is 2.12. The molecule has 2 nitrogen and oxygen atoms in total. The van der Waals surface area contributed by atoms with Gasteiger partial charge in [-0.3, -0.25) is 0 Å². The van der Waals surface area contributed by atoms with Crippen LogP contribution >= 0.6 is 0 Å². The van der Waals surface area contributed by atoms with E-state index in [0.717, 1.165) is 13.0 Å². The molecule has 3 heteroatoms. The normalized spacial score (nSPS) is 34.8. The smallest absolute Gasteiger partial charge is 0.183 e. The van der Waals surface area contributed by atoms with Crippen LogP contribution in [0.4, 0.5) is 4.39 Å². The van der Waals surface area contributed by atoms with Gasteiger partial charge in [-0.15, -0.1) is 0 Å². The van der Waals surface area contributed by atoms with E-state index in [2.05, 4.69) is 5.32 Å². The van der Waals surface area contributed by atoms with Crippen LogP contribution in [0, 0.1) is 0 Å². The Morgan fingerprint density at radius 2 is 2.54 bits per heavy atom. The summed E-state index contributed by atoms with van der Waals surface area (Å²) in [6.07, 6.45) is 2.94. The van der Waals surface area contributed by atoms with Crippen molar-refractivity contribution in [3.05, 3.63) is 24.2 Å². The van der Waals surface area contributed by atoms with Gasteiger partial charge in [-0.1, -0.05) is 0 Å². The Bertz CT molecular complexity index is 272. The van der Waals surface area contributed by atoms with Crippen LogP contribution in [-0.2, 0) is 5.67 Å². The van der Waals surface area contributed by atoms with E-state index in [1.807, 2.05) is 6.92 Å². The summed E-state index contributed by atoms with van der Waals surface area (Å²) in [5, 5.41) is 3.13. The summed E-state index contributed by atoms with van der Waals surface area (Å²) in [6, 6.07) is 3.29. The average molecular weight is 183 g/mol. The molecule has 1 N–H and O–H groups in total. The number of nitrogens with one attached hydrogen (secondary N) is 1. The molecule has 1 aromatic rings. The molecule has 1 aliphatic rings. The van der Waals surface area contributed by atoms with Crippen molar-refractivity contribution in [1.82, 2.24) is 5.32 Å². The highest BCUT2D eigenvalue weighted by Gasteiger charge is 2.42. The second-order valence-electron chi connectivity index (χ2n) is 3.62. The molecule has 13 heavy (non-hydrogen) atoms. The van der Waals surface area contributed by atoms with Crippen molar-refractivity contribution in [2.24, 2.45) is 0 Å². The number of furan rings is 1. The molecule has 0 spiro atoms. The molecule has 1 saturated heterocycles. The van der Waals surface area contributed by atoms with E-state index in [9.17, 15) is 4.39 Å². The summed E-state index contributed by atoms with van der Waals surface area (Å²) >= 11 is 0. The Balaban J connectivity index is 2.27. The SMILES string of the molecule is CC1NCCCC1(F)c1ccco1. The lowest BCUT2D eigenvalue weighted by atomic mass is 9.86. The fourth-order valence-electron chi connectivity index (χ4n) is 1.89. The van der Waals surface area contributed by atoms with Crippen LogP contribution in [0.1, 0.15) is 25.5 Å². The Hall–Kier alpha value is -0.830. The number of alkyl halides is 1. The molecule has 1 aromatic heterocycles. The minimum atomic E-state index is -1.32. The van der Waals surface area contributed by atoms with Crippen molar-refractivity contribution in [2.45, 2.75) is 31.5 Å². The second-order valence-corrected chi connectivity index (χ2v) is 3.62. The van der Waals surface area contributed by atoms with Crippen molar-refractivity contribution < 1.29 is 8.81 Å². The maximum atomic E-state index is 14.4. The van der Waals surface area contributed by atoms with Gasteiger partial charge in [-0.05, 0) is 38.4 Å². The summed E-state index contributed by atoms with van der Waals surface area (Å²) in [7, 11) is 0. The molecule has 0 saturated carbocycles. The van der Waals surface area contributed by atoms with Crippen LogP contribution in [0.3, 0.4) is 0 Å². The number of halogens is 1. The first-order valence-corrected chi connectivity index (χ1v) is 4.70. The predicted octanol–water partition coefficient (Wildman–Crippen LogP) is 2.22. The molecule has 0 bridgehead atoms. The van der Waals surface area contributed by atoms with Gasteiger partial charge in [0, 0.05) is 6.04 Å². The van der Waals surface area contributed by atoms with E-state index >= 15 is 0 Å². The number of hydrogen-bond donors (Lipinski definition) is 1. The lowest BCUT2D eigenvalue weighted by Gasteiger charge is -2.34. The lowest BCUT2D eigenvalue weighted by Crippen LogP contribution is -2.48. The van der Waals surface area contributed by atoms with Crippen LogP contribution < -0.4 is 5.32 Å². The number of piperidine rings is 1. The average Bonchev–Trinajstić information content (AvgIpc) is 2.63. The zero-order chi connectivity index (χ0) is 9.31. The van der Waals surface area contributed by atoms with Crippen LogP contribution in [0.15, 0.2) is 22.8 Å². The molecule has 2 atom stereocenters. The zero-order valence-electron chi connectivity index (χ0n) is 7.72. The topological polar surface area (TPSA) is 25.2 Å².